The number of hydrogen-bond acceptors (Lipinski definition) is 4. The second-order valence-corrected chi connectivity index (χ2v) is 6.17. The van der Waals surface area contributed by atoms with Gasteiger partial charge in [0.05, 0.1) is 16.0 Å². The van der Waals surface area contributed by atoms with Gasteiger partial charge in [0.2, 0.25) is 10.0 Å². The highest BCUT2D eigenvalue weighted by Gasteiger charge is 2.17. The predicted octanol–water partition coefficient (Wildman–Crippen LogP) is 1.73. The standard InChI is InChI=1S/C15H12N2O4S/c16-9-13-3-1-2-4-14(13)22(20,21)17-10-11-5-7-12(8-6-11)15(18)19/h1-8,17H,10H2,(H,18,19). The van der Waals surface area contributed by atoms with E-state index in [1.165, 1.54) is 42.5 Å². The third kappa shape index (κ3) is 3.49. The van der Waals surface area contributed by atoms with Crippen molar-refractivity contribution in [2.45, 2.75) is 11.4 Å². The molecule has 0 spiro atoms. The lowest BCUT2D eigenvalue weighted by molar-refractivity contribution is 0.0697. The largest absolute Gasteiger partial charge is 0.478 e. The van der Waals surface area contributed by atoms with Crippen molar-refractivity contribution < 1.29 is 18.3 Å². The van der Waals surface area contributed by atoms with Gasteiger partial charge in [-0.3, -0.25) is 0 Å². The molecule has 0 unspecified atom stereocenters. The number of aromatic carboxylic acids is 1. The molecule has 0 amide bonds. The van der Waals surface area contributed by atoms with E-state index in [9.17, 15) is 13.2 Å². The summed E-state index contributed by atoms with van der Waals surface area (Å²) in [6.45, 7) is 0.00198. The zero-order chi connectivity index (χ0) is 16.2. The Hall–Kier alpha value is -2.69. The van der Waals surface area contributed by atoms with Gasteiger partial charge in [0, 0.05) is 6.54 Å². The molecule has 0 fully saturated rings. The van der Waals surface area contributed by atoms with Gasteiger partial charge in [0.25, 0.3) is 0 Å². The van der Waals surface area contributed by atoms with E-state index in [-0.39, 0.29) is 22.6 Å². The first-order chi connectivity index (χ1) is 10.4. The first-order valence-corrected chi connectivity index (χ1v) is 7.73. The van der Waals surface area contributed by atoms with E-state index in [0.717, 1.165) is 0 Å². The average molecular weight is 316 g/mol. The van der Waals surface area contributed by atoms with Crippen LogP contribution in [0.15, 0.2) is 53.4 Å². The van der Waals surface area contributed by atoms with E-state index >= 15 is 0 Å². The molecular weight excluding hydrogens is 304 g/mol. The Morgan fingerprint density at radius 2 is 1.77 bits per heavy atom. The molecule has 2 rings (SSSR count). The second kappa shape index (κ2) is 6.39. The van der Waals surface area contributed by atoms with Gasteiger partial charge in [-0.15, -0.1) is 0 Å². The van der Waals surface area contributed by atoms with Crippen molar-refractivity contribution in [2.24, 2.45) is 0 Å². The van der Waals surface area contributed by atoms with E-state index in [0.29, 0.717) is 5.56 Å². The summed E-state index contributed by atoms with van der Waals surface area (Å²) in [7, 11) is -3.82. The van der Waals surface area contributed by atoms with Crippen LogP contribution in [0.2, 0.25) is 0 Å². The van der Waals surface area contributed by atoms with E-state index in [1.54, 1.807) is 6.07 Å². The number of sulfonamides is 1. The van der Waals surface area contributed by atoms with Gasteiger partial charge in [0.15, 0.2) is 0 Å². The van der Waals surface area contributed by atoms with Crippen LogP contribution in [0.3, 0.4) is 0 Å². The minimum atomic E-state index is -3.82. The van der Waals surface area contributed by atoms with Crippen molar-refractivity contribution in [1.29, 1.82) is 5.26 Å². The summed E-state index contributed by atoms with van der Waals surface area (Å²) >= 11 is 0. The van der Waals surface area contributed by atoms with Crippen LogP contribution in [-0.4, -0.2) is 19.5 Å². The molecule has 0 saturated heterocycles. The summed E-state index contributed by atoms with van der Waals surface area (Å²) in [5.74, 6) is -1.05. The van der Waals surface area contributed by atoms with Crippen molar-refractivity contribution in [2.75, 3.05) is 0 Å². The van der Waals surface area contributed by atoms with Gasteiger partial charge in [0.1, 0.15) is 6.07 Å². The Morgan fingerprint density at radius 3 is 2.36 bits per heavy atom. The van der Waals surface area contributed by atoms with Gasteiger partial charge in [-0.2, -0.15) is 5.26 Å². The number of nitrogens with zero attached hydrogens (tertiary/aromatic N) is 1. The molecule has 2 aromatic rings. The van der Waals surface area contributed by atoms with Gasteiger partial charge in [-0.25, -0.2) is 17.9 Å². The van der Waals surface area contributed by atoms with Crippen LogP contribution < -0.4 is 4.72 Å². The highest BCUT2D eigenvalue weighted by atomic mass is 32.2. The van der Waals surface area contributed by atoms with Crippen LogP contribution in [0.4, 0.5) is 0 Å². The van der Waals surface area contributed by atoms with Crippen LogP contribution in [-0.2, 0) is 16.6 Å². The molecule has 0 atom stereocenters. The first-order valence-electron chi connectivity index (χ1n) is 6.25. The minimum Gasteiger partial charge on any atom is -0.478 e. The SMILES string of the molecule is N#Cc1ccccc1S(=O)(=O)NCc1ccc(C(=O)O)cc1. The second-order valence-electron chi connectivity index (χ2n) is 4.43. The number of nitrogens with one attached hydrogen (secondary N) is 1. The predicted molar refractivity (Wildman–Crippen MR) is 78.6 cm³/mol. The number of nitriles is 1. The third-order valence-corrected chi connectivity index (χ3v) is 4.42. The van der Waals surface area contributed by atoms with Crippen LogP contribution in [0, 0.1) is 11.3 Å². The number of benzene rings is 2. The van der Waals surface area contributed by atoms with Crippen LogP contribution in [0.1, 0.15) is 21.5 Å². The van der Waals surface area contributed by atoms with E-state index in [4.69, 9.17) is 10.4 Å². The summed E-state index contributed by atoms with van der Waals surface area (Å²) in [4.78, 5) is 10.7. The smallest absolute Gasteiger partial charge is 0.335 e. The highest BCUT2D eigenvalue weighted by Crippen LogP contribution is 2.15. The molecule has 0 aliphatic heterocycles. The van der Waals surface area contributed by atoms with E-state index < -0.39 is 16.0 Å². The van der Waals surface area contributed by atoms with Crippen molar-refractivity contribution in [3.63, 3.8) is 0 Å². The molecule has 6 nitrogen and oxygen atoms in total. The molecule has 22 heavy (non-hydrogen) atoms. The number of carboxylic acid groups (broad SMARTS) is 1. The first kappa shape index (κ1) is 15.7. The number of rotatable bonds is 5. The van der Waals surface area contributed by atoms with Crippen molar-refractivity contribution in [3.05, 3.63) is 65.2 Å². The summed E-state index contributed by atoms with van der Waals surface area (Å²) in [5.41, 5.74) is 0.806. The molecule has 0 heterocycles. The molecule has 7 heteroatoms. The monoisotopic (exact) mass is 316 g/mol. The number of carbonyl (C=O) groups is 1. The highest BCUT2D eigenvalue weighted by molar-refractivity contribution is 7.89. The zero-order valence-corrected chi connectivity index (χ0v) is 12.2. The Balaban J connectivity index is 2.16. The van der Waals surface area contributed by atoms with Gasteiger partial charge in [-0.05, 0) is 29.8 Å². The molecule has 2 aromatic carbocycles. The lowest BCUT2D eigenvalue weighted by Gasteiger charge is -2.08. The molecule has 0 aliphatic carbocycles. The molecular formula is C15H12N2O4S. The lowest BCUT2D eigenvalue weighted by atomic mass is 10.1. The third-order valence-electron chi connectivity index (χ3n) is 2.96. The molecule has 0 aromatic heterocycles. The quantitative estimate of drug-likeness (QED) is 0.873. The molecule has 0 radical (unpaired) electrons. The maximum absolute atomic E-state index is 12.2. The Bertz CT molecular complexity index is 837. The molecule has 112 valence electrons. The molecule has 0 aliphatic rings. The van der Waals surface area contributed by atoms with Gasteiger partial charge < -0.3 is 5.11 Å². The lowest BCUT2D eigenvalue weighted by Crippen LogP contribution is -2.24. The summed E-state index contributed by atoms with van der Waals surface area (Å²) in [5, 5.41) is 17.8. The molecule has 2 N–H and O–H groups in total. The normalized spacial score (nSPS) is 10.9. The van der Waals surface area contributed by atoms with Crippen LogP contribution in [0.25, 0.3) is 0 Å². The zero-order valence-electron chi connectivity index (χ0n) is 11.4. The Kier molecular flexibility index (Phi) is 4.56. The molecule has 0 saturated carbocycles. The maximum Gasteiger partial charge on any atom is 0.335 e. The van der Waals surface area contributed by atoms with Crippen molar-refractivity contribution in [3.8, 4) is 6.07 Å². The van der Waals surface area contributed by atoms with E-state index in [1.807, 2.05) is 6.07 Å². The fraction of sp³-hybridized carbons (Fsp3) is 0.0667. The van der Waals surface area contributed by atoms with Crippen LogP contribution in [0.5, 0.6) is 0 Å². The fourth-order valence-electron chi connectivity index (χ4n) is 1.81. The van der Waals surface area contributed by atoms with Crippen molar-refractivity contribution in [1.82, 2.24) is 4.72 Å². The van der Waals surface area contributed by atoms with Crippen molar-refractivity contribution >= 4 is 16.0 Å². The number of carboxylic acids is 1. The Labute approximate surface area is 127 Å². The average Bonchev–Trinajstić information content (AvgIpc) is 2.53. The van der Waals surface area contributed by atoms with Gasteiger partial charge in [-0.1, -0.05) is 24.3 Å². The fourth-order valence-corrected chi connectivity index (χ4v) is 2.99. The van der Waals surface area contributed by atoms with Crippen LogP contribution >= 0.6 is 0 Å². The topological polar surface area (TPSA) is 107 Å². The molecule has 0 bridgehead atoms. The maximum atomic E-state index is 12.2. The summed E-state index contributed by atoms with van der Waals surface area (Å²) in [6, 6.07) is 13.6. The summed E-state index contributed by atoms with van der Waals surface area (Å²) < 4.78 is 26.8. The van der Waals surface area contributed by atoms with Gasteiger partial charge >= 0.3 is 5.97 Å². The minimum absolute atomic E-state index is 0.00198. The number of hydrogen-bond donors (Lipinski definition) is 2. The Morgan fingerprint density at radius 1 is 1.14 bits per heavy atom. The summed E-state index contributed by atoms with van der Waals surface area (Å²) in [6.07, 6.45) is 0. The van der Waals surface area contributed by atoms with E-state index in [2.05, 4.69) is 4.72 Å².